The molecule has 12 rings (SSSR count). The van der Waals surface area contributed by atoms with Gasteiger partial charge < -0.3 is 14.7 Å². The molecule has 0 amide bonds. The number of benzene rings is 9. The van der Waals surface area contributed by atoms with E-state index in [9.17, 15) is 0 Å². The second kappa shape index (κ2) is 16.5. The molecule has 2 heterocycles. The maximum Gasteiger partial charge on any atom is 0.252 e. The van der Waals surface area contributed by atoms with Gasteiger partial charge in [-0.05, 0) is 170 Å². The second-order valence-electron chi connectivity index (χ2n) is 22.7. The Labute approximate surface area is 422 Å². The highest BCUT2D eigenvalue weighted by molar-refractivity contribution is 7.00. The summed E-state index contributed by atoms with van der Waals surface area (Å²) in [5.41, 5.74) is 26.2. The first-order chi connectivity index (χ1) is 34.2. The van der Waals surface area contributed by atoms with Gasteiger partial charge in [0.05, 0.1) is 5.69 Å². The summed E-state index contributed by atoms with van der Waals surface area (Å²) in [4.78, 5) is 7.68. The molecule has 0 spiro atoms. The lowest BCUT2D eigenvalue weighted by Gasteiger charge is -2.46. The standard InChI is InChI=1S/C67H62BN3/c1-44-36-62-64-63(37-44)71(59-38-48(31-30-45(59)2)46-22-14-10-15-23-46)61-42-55-54(66(6,7)43-67(55,8)9)41-57(61)68(64)56-34-33-52(69(50-26-18-12-19-27-50)51-28-20-13-21-29-51)40-60(56)70(62)58-35-32-49(65(3,4)5)39-53(58)47-24-16-11-17-25-47/h10-42H,43H2,1-9H3. The van der Waals surface area contributed by atoms with Crippen LogP contribution in [0.2, 0.25) is 0 Å². The lowest BCUT2D eigenvalue weighted by atomic mass is 9.33. The Kier molecular flexibility index (Phi) is 10.4. The van der Waals surface area contributed by atoms with Crippen LogP contribution < -0.4 is 31.1 Å². The molecule has 1 aliphatic carbocycles. The van der Waals surface area contributed by atoms with Crippen LogP contribution >= 0.6 is 0 Å². The van der Waals surface area contributed by atoms with Crippen molar-refractivity contribution in [1.82, 2.24) is 0 Å². The van der Waals surface area contributed by atoms with Crippen LogP contribution in [-0.4, -0.2) is 6.71 Å². The van der Waals surface area contributed by atoms with Crippen LogP contribution in [0, 0.1) is 13.8 Å². The van der Waals surface area contributed by atoms with E-state index in [1.54, 1.807) is 0 Å². The predicted octanol–water partition coefficient (Wildman–Crippen LogP) is 16.4. The smallest absolute Gasteiger partial charge is 0.252 e. The minimum absolute atomic E-state index is 0.0108. The molecule has 0 bridgehead atoms. The fraction of sp³-hybridized carbons (Fsp3) is 0.194. The molecule has 3 aliphatic rings. The summed E-state index contributed by atoms with van der Waals surface area (Å²) in [5, 5.41) is 0. The van der Waals surface area contributed by atoms with Crippen molar-refractivity contribution < 1.29 is 0 Å². The first kappa shape index (κ1) is 44.6. The van der Waals surface area contributed by atoms with E-state index in [0.29, 0.717) is 0 Å². The Bertz CT molecular complexity index is 3480. The molecule has 348 valence electrons. The minimum Gasteiger partial charge on any atom is -0.311 e. The van der Waals surface area contributed by atoms with Crippen molar-refractivity contribution in [1.29, 1.82) is 0 Å². The summed E-state index contributed by atoms with van der Waals surface area (Å²) >= 11 is 0. The number of para-hydroxylation sites is 2. The third-order valence-corrected chi connectivity index (χ3v) is 15.7. The van der Waals surface area contributed by atoms with Crippen LogP contribution in [0.25, 0.3) is 22.3 Å². The molecule has 0 unspecified atom stereocenters. The minimum atomic E-state index is -0.0482. The van der Waals surface area contributed by atoms with Gasteiger partial charge in [-0.1, -0.05) is 176 Å². The third-order valence-electron chi connectivity index (χ3n) is 15.7. The van der Waals surface area contributed by atoms with Crippen molar-refractivity contribution in [2.75, 3.05) is 14.7 Å². The van der Waals surface area contributed by atoms with E-state index in [4.69, 9.17) is 0 Å². The molecule has 0 saturated heterocycles. The first-order valence-electron chi connectivity index (χ1n) is 25.5. The lowest BCUT2D eigenvalue weighted by molar-refractivity contribution is 0.403. The van der Waals surface area contributed by atoms with Crippen molar-refractivity contribution >= 4 is 74.3 Å². The first-order valence-corrected chi connectivity index (χ1v) is 25.5. The van der Waals surface area contributed by atoms with Crippen molar-refractivity contribution in [3.8, 4) is 22.3 Å². The molecule has 4 heteroatoms. The predicted molar refractivity (Wildman–Crippen MR) is 305 cm³/mol. The van der Waals surface area contributed by atoms with Crippen LogP contribution in [0.1, 0.15) is 82.7 Å². The molecule has 9 aromatic rings. The van der Waals surface area contributed by atoms with Crippen LogP contribution in [0.3, 0.4) is 0 Å². The van der Waals surface area contributed by atoms with E-state index in [1.165, 1.54) is 94.9 Å². The average molecular weight is 920 g/mol. The largest absolute Gasteiger partial charge is 0.311 e. The Morgan fingerprint density at radius 2 is 0.986 bits per heavy atom. The number of hydrogen-bond donors (Lipinski definition) is 0. The summed E-state index contributed by atoms with van der Waals surface area (Å²) in [6, 6.07) is 75.3. The Morgan fingerprint density at radius 3 is 1.59 bits per heavy atom. The Balaban J connectivity index is 1.20. The molecule has 3 nitrogen and oxygen atoms in total. The molecule has 0 aromatic heterocycles. The van der Waals surface area contributed by atoms with Gasteiger partial charge >= 0.3 is 0 Å². The molecular weight excluding hydrogens is 858 g/mol. The molecule has 71 heavy (non-hydrogen) atoms. The summed E-state index contributed by atoms with van der Waals surface area (Å²) in [7, 11) is 0. The lowest BCUT2D eigenvalue weighted by Crippen LogP contribution is -2.61. The fourth-order valence-corrected chi connectivity index (χ4v) is 12.5. The van der Waals surface area contributed by atoms with E-state index in [1.807, 2.05) is 0 Å². The molecule has 0 atom stereocenters. The van der Waals surface area contributed by atoms with Gasteiger partial charge in [-0.3, -0.25) is 0 Å². The number of anilines is 9. The summed E-state index contributed by atoms with van der Waals surface area (Å²) < 4.78 is 0. The summed E-state index contributed by atoms with van der Waals surface area (Å²) in [5.74, 6) is 0. The van der Waals surface area contributed by atoms with Crippen molar-refractivity contribution in [2.45, 2.75) is 85.0 Å². The van der Waals surface area contributed by atoms with Crippen molar-refractivity contribution in [3.05, 3.63) is 228 Å². The van der Waals surface area contributed by atoms with Crippen molar-refractivity contribution in [2.24, 2.45) is 0 Å². The zero-order chi connectivity index (χ0) is 49.0. The molecule has 9 aromatic carbocycles. The SMILES string of the molecule is Cc1cc2c3c(c1)N(c1ccc(C(C)(C)C)cc1-c1ccccc1)c1cc(N(c4ccccc4)c4ccccc4)ccc1B3c1cc3c(cc1N2c1cc(-c2ccccc2)ccc1C)C(C)(C)CC3(C)C. The van der Waals surface area contributed by atoms with E-state index < -0.39 is 0 Å². The molecular formula is C67H62BN3. The number of aryl methyl sites for hydroxylation is 2. The van der Waals surface area contributed by atoms with E-state index in [2.05, 4.69) is 277 Å². The maximum absolute atomic E-state index is 2.64. The molecule has 2 aliphatic heterocycles. The maximum atomic E-state index is 2.64. The number of nitrogens with zero attached hydrogens (tertiary/aromatic N) is 3. The van der Waals surface area contributed by atoms with Crippen LogP contribution in [0.5, 0.6) is 0 Å². The van der Waals surface area contributed by atoms with Gasteiger partial charge in [0.1, 0.15) is 0 Å². The summed E-state index contributed by atoms with van der Waals surface area (Å²) in [6.07, 6.45) is 1.10. The molecule has 0 fully saturated rings. The van der Waals surface area contributed by atoms with E-state index in [-0.39, 0.29) is 23.0 Å². The van der Waals surface area contributed by atoms with Crippen LogP contribution in [0.15, 0.2) is 200 Å². The number of hydrogen-bond acceptors (Lipinski definition) is 3. The van der Waals surface area contributed by atoms with Gasteiger partial charge in [0, 0.05) is 51.1 Å². The fourth-order valence-electron chi connectivity index (χ4n) is 12.5. The topological polar surface area (TPSA) is 9.72 Å². The monoisotopic (exact) mass is 920 g/mol. The Hall–Kier alpha value is -7.56. The quantitative estimate of drug-likeness (QED) is 0.148. The highest BCUT2D eigenvalue weighted by atomic mass is 15.2. The summed E-state index contributed by atoms with van der Waals surface area (Å²) in [6.45, 7) is 21.3. The normalized spacial score (nSPS) is 14.9. The molecule has 0 N–H and O–H groups in total. The highest BCUT2D eigenvalue weighted by Crippen LogP contribution is 2.54. The van der Waals surface area contributed by atoms with Gasteiger partial charge in [-0.25, -0.2) is 0 Å². The van der Waals surface area contributed by atoms with Gasteiger partial charge in [0.15, 0.2) is 0 Å². The van der Waals surface area contributed by atoms with Crippen molar-refractivity contribution in [3.63, 3.8) is 0 Å². The molecule has 0 radical (unpaired) electrons. The zero-order valence-corrected chi connectivity index (χ0v) is 42.7. The zero-order valence-electron chi connectivity index (χ0n) is 42.7. The number of rotatable bonds is 7. The Morgan fingerprint density at radius 1 is 0.437 bits per heavy atom. The van der Waals surface area contributed by atoms with E-state index >= 15 is 0 Å². The van der Waals surface area contributed by atoms with Crippen LogP contribution in [0.4, 0.5) is 51.2 Å². The number of fused-ring (bicyclic) bond motifs is 5. The average Bonchev–Trinajstić information content (AvgIpc) is 3.55. The van der Waals surface area contributed by atoms with Gasteiger partial charge in [0.2, 0.25) is 0 Å². The van der Waals surface area contributed by atoms with E-state index in [0.717, 1.165) is 29.2 Å². The highest BCUT2D eigenvalue weighted by Gasteiger charge is 2.48. The van der Waals surface area contributed by atoms with Crippen LogP contribution in [-0.2, 0) is 16.2 Å². The second-order valence-corrected chi connectivity index (χ2v) is 22.7. The third kappa shape index (κ3) is 7.41. The van der Waals surface area contributed by atoms with Gasteiger partial charge in [-0.2, -0.15) is 0 Å². The molecule has 0 saturated carbocycles. The van der Waals surface area contributed by atoms with Gasteiger partial charge in [0.25, 0.3) is 6.71 Å². The van der Waals surface area contributed by atoms with Gasteiger partial charge in [-0.15, -0.1) is 0 Å².